The van der Waals surface area contributed by atoms with E-state index in [9.17, 15) is 34.5 Å². The molecule has 24 heavy (non-hydrogen) atoms. The van der Waals surface area contributed by atoms with Crippen molar-refractivity contribution < 1.29 is 39.6 Å². The Morgan fingerprint density at radius 3 is 2.25 bits per heavy atom. The number of aliphatic hydroxyl groups is 2. The lowest BCUT2D eigenvalue weighted by molar-refractivity contribution is -0.0459. The van der Waals surface area contributed by atoms with Crippen LogP contribution in [-0.2, 0) is 0 Å². The number of nitrogens with zero attached hydrogens (tertiary/aromatic N) is 1. The maximum absolute atomic E-state index is 12.2. The number of aromatic carboxylic acids is 2. The van der Waals surface area contributed by atoms with E-state index in [1.807, 2.05) is 0 Å². The number of nitrogens with one attached hydrogen (secondary N) is 1. The summed E-state index contributed by atoms with van der Waals surface area (Å²) in [6.45, 7) is 0. The van der Waals surface area contributed by atoms with Crippen molar-refractivity contribution in [3.05, 3.63) is 40.3 Å². The summed E-state index contributed by atoms with van der Waals surface area (Å²) in [7, 11) is 0. The minimum atomic E-state index is -2.16. The van der Waals surface area contributed by atoms with Crippen molar-refractivity contribution in [3.8, 4) is 11.3 Å². The van der Waals surface area contributed by atoms with E-state index < -0.39 is 52.4 Å². The molecule has 0 aromatic carbocycles. The van der Waals surface area contributed by atoms with Gasteiger partial charge in [-0.3, -0.25) is 9.59 Å². The quantitative estimate of drug-likeness (QED) is 0.377. The van der Waals surface area contributed by atoms with E-state index in [-0.39, 0.29) is 16.8 Å². The molecule has 0 atom stereocenters. The Morgan fingerprint density at radius 2 is 1.71 bits per heavy atom. The number of aliphatic hydroxyl groups excluding tert-OH is 1. The van der Waals surface area contributed by atoms with Gasteiger partial charge in [-0.1, -0.05) is 0 Å². The number of H-pyrrole nitrogens is 1. The highest BCUT2D eigenvalue weighted by Gasteiger charge is 2.38. The predicted octanol–water partition coefficient (Wildman–Crippen LogP) is -0.165. The molecule has 2 heterocycles. The lowest BCUT2D eigenvalue weighted by atomic mass is 9.88. The highest BCUT2D eigenvalue weighted by atomic mass is 16.5. The van der Waals surface area contributed by atoms with Crippen LogP contribution in [0.15, 0.2) is 12.1 Å². The Balaban J connectivity index is 2.41. The average Bonchev–Trinajstić information content (AvgIpc) is 2.96. The minimum absolute atomic E-state index is 0.170. The Kier molecular flexibility index (Phi) is 3.28. The number of hydrogen-bond donors (Lipinski definition) is 5. The third-order valence-electron chi connectivity index (χ3n) is 3.50. The van der Waals surface area contributed by atoms with Crippen molar-refractivity contribution >= 4 is 23.5 Å². The molecule has 0 amide bonds. The largest absolute Gasteiger partial charge is 0.478 e. The first-order valence-corrected chi connectivity index (χ1v) is 6.42. The van der Waals surface area contributed by atoms with E-state index in [0.29, 0.717) is 0 Å². The second-order valence-corrected chi connectivity index (χ2v) is 4.93. The summed E-state index contributed by atoms with van der Waals surface area (Å²) in [6.07, 6.45) is -2.16. The van der Waals surface area contributed by atoms with Gasteiger partial charge in [0.05, 0.1) is 22.5 Å². The first kappa shape index (κ1) is 15.5. The molecule has 0 saturated carbocycles. The van der Waals surface area contributed by atoms with Gasteiger partial charge < -0.3 is 25.4 Å². The Morgan fingerprint density at radius 1 is 1.04 bits per heavy atom. The molecule has 0 saturated heterocycles. The number of carboxylic acid groups (broad SMARTS) is 2. The van der Waals surface area contributed by atoms with Gasteiger partial charge in [-0.2, -0.15) is 0 Å². The molecule has 122 valence electrons. The zero-order chi connectivity index (χ0) is 17.8. The Bertz CT molecular complexity index is 940. The summed E-state index contributed by atoms with van der Waals surface area (Å²) in [4.78, 5) is 52.8. The van der Waals surface area contributed by atoms with Gasteiger partial charge in [0, 0.05) is 5.56 Å². The standard InChI is InChI=1S/C14H8N2O8/c17-10-4-2-6(14(23)24)15-8(4)7-3(12(19)20)1-5(13(21)22)16-9(7)11(10)18/h1-2,13,15,21-22H,(H,19,20)(H,23,24). The van der Waals surface area contributed by atoms with Gasteiger partial charge in [0.1, 0.15) is 11.4 Å². The molecule has 3 rings (SSSR count). The molecule has 0 spiro atoms. The smallest absolute Gasteiger partial charge is 0.352 e. The highest BCUT2D eigenvalue weighted by molar-refractivity contribution is 6.52. The number of carbonyl (C=O) groups is 4. The van der Waals surface area contributed by atoms with Crippen molar-refractivity contribution in [2.24, 2.45) is 0 Å². The molecule has 0 fully saturated rings. The van der Waals surface area contributed by atoms with Crippen molar-refractivity contribution in [2.45, 2.75) is 6.29 Å². The number of carboxylic acids is 2. The number of hydrogen-bond acceptors (Lipinski definition) is 7. The number of Topliss-reactive ketones (excluding diaryl/α,β-unsaturated/α-hetero) is 2. The highest BCUT2D eigenvalue weighted by Crippen LogP contribution is 2.36. The predicted molar refractivity (Wildman–Crippen MR) is 73.8 cm³/mol. The third-order valence-corrected chi connectivity index (χ3v) is 3.50. The van der Waals surface area contributed by atoms with Crippen molar-refractivity contribution in [2.75, 3.05) is 0 Å². The van der Waals surface area contributed by atoms with Crippen LogP contribution in [0.4, 0.5) is 0 Å². The molecule has 10 heteroatoms. The maximum Gasteiger partial charge on any atom is 0.352 e. The van der Waals surface area contributed by atoms with E-state index in [1.54, 1.807) is 0 Å². The Hall–Kier alpha value is -3.37. The van der Waals surface area contributed by atoms with E-state index in [1.165, 1.54) is 0 Å². The van der Waals surface area contributed by atoms with Crippen LogP contribution in [0.3, 0.4) is 0 Å². The molecular formula is C14H8N2O8. The van der Waals surface area contributed by atoms with Crippen molar-refractivity contribution in [3.63, 3.8) is 0 Å². The monoisotopic (exact) mass is 332 g/mol. The van der Waals surface area contributed by atoms with E-state index in [0.717, 1.165) is 12.1 Å². The number of aromatic nitrogens is 2. The van der Waals surface area contributed by atoms with Gasteiger partial charge in [-0.05, 0) is 12.1 Å². The molecule has 0 radical (unpaired) electrons. The van der Waals surface area contributed by atoms with Crippen LogP contribution in [0.2, 0.25) is 0 Å². The van der Waals surface area contributed by atoms with Gasteiger partial charge in [0.2, 0.25) is 5.78 Å². The van der Waals surface area contributed by atoms with Crippen LogP contribution >= 0.6 is 0 Å². The summed E-state index contributed by atoms with van der Waals surface area (Å²) in [5.74, 6) is -5.17. The van der Waals surface area contributed by atoms with Gasteiger partial charge in [-0.25, -0.2) is 14.6 Å². The Labute approximate surface area is 132 Å². The van der Waals surface area contributed by atoms with E-state index in [4.69, 9.17) is 5.11 Å². The molecule has 0 bridgehead atoms. The maximum atomic E-state index is 12.2. The molecule has 5 N–H and O–H groups in total. The summed E-state index contributed by atoms with van der Waals surface area (Å²) in [5.41, 5.74) is -2.78. The van der Waals surface area contributed by atoms with Gasteiger partial charge in [0.25, 0.3) is 5.78 Å². The molecule has 0 aliphatic heterocycles. The topological polar surface area (TPSA) is 178 Å². The first-order chi connectivity index (χ1) is 11.2. The molecular weight excluding hydrogens is 324 g/mol. The van der Waals surface area contributed by atoms with Crippen LogP contribution in [-0.4, -0.2) is 53.9 Å². The number of pyridine rings is 1. The van der Waals surface area contributed by atoms with Crippen LogP contribution in [0.5, 0.6) is 0 Å². The second kappa shape index (κ2) is 5.08. The molecule has 2 aromatic heterocycles. The van der Waals surface area contributed by atoms with Crippen molar-refractivity contribution in [1.29, 1.82) is 0 Å². The summed E-state index contributed by atoms with van der Waals surface area (Å²) < 4.78 is 0. The third kappa shape index (κ3) is 2.09. The number of aromatic amines is 1. The van der Waals surface area contributed by atoms with Crippen LogP contribution < -0.4 is 0 Å². The fourth-order valence-electron chi connectivity index (χ4n) is 2.46. The van der Waals surface area contributed by atoms with Gasteiger partial charge >= 0.3 is 11.9 Å². The number of ketones is 2. The lowest BCUT2D eigenvalue weighted by Crippen LogP contribution is -2.25. The molecule has 10 nitrogen and oxygen atoms in total. The minimum Gasteiger partial charge on any atom is -0.478 e. The second-order valence-electron chi connectivity index (χ2n) is 4.93. The normalized spacial score (nSPS) is 13.0. The molecule has 1 aliphatic carbocycles. The summed E-state index contributed by atoms with van der Waals surface area (Å²) >= 11 is 0. The summed E-state index contributed by atoms with van der Waals surface area (Å²) in [6, 6.07) is 1.77. The average molecular weight is 332 g/mol. The van der Waals surface area contributed by atoms with Crippen molar-refractivity contribution in [1.82, 2.24) is 9.97 Å². The van der Waals surface area contributed by atoms with Crippen LogP contribution in [0.1, 0.15) is 53.7 Å². The zero-order valence-corrected chi connectivity index (χ0v) is 11.6. The number of rotatable bonds is 3. The molecule has 2 aromatic rings. The van der Waals surface area contributed by atoms with E-state index in [2.05, 4.69) is 9.97 Å². The molecule has 0 unspecified atom stereocenters. The molecule has 1 aliphatic rings. The number of fused-ring (bicyclic) bond motifs is 3. The SMILES string of the molecule is O=C(O)c1cc2c([nH]1)-c1c(C(=O)O)cc(C(O)O)nc1C(=O)C2=O. The fraction of sp³-hybridized carbons (Fsp3) is 0.0714. The van der Waals surface area contributed by atoms with Gasteiger partial charge in [-0.15, -0.1) is 0 Å². The van der Waals surface area contributed by atoms with Crippen LogP contribution in [0.25, 0.3) is 11.3 Å². The zero-order valence-electron chi connectivity index (χ0n) is 11.6. The lowest BCUT2D eigenvalue weighted by Gasteiger charge is -2.17. The first-order valence-electron chi connectivity index (χ1n) is 6.42. The van der Waals surface area contributed by atoms with Gasteiger partial charge in [0.15, 0.2) is 6.29 Å². The number of carbonyl (C=O) groups excluding carboxylic acids is 2. The fourth-order valence-corrected chi connectivity index (χ4v) is 2.46. The summed E-state index contributed by atoms with van der Waals surface area (Å²) in [5, 5.41) is 36.7. The van der Waals surface area contributed by atoms with E-state index >= 15 is 0 Å². The van der Waals surface area contributed by atoms with Crippen LogP contribution in [0, 0.1) is 0 Å².